The highest BCUT2D eigenvalue weighted by Gasteiger charge is 2.24. The van der Waals surface area contributed by atoms with Gasteiger partial charge in [0.15, 0.2) is 0 Å². The van der Waals surface area contributed by atoms with Crippen LogP contribution < -0.4 is 10.1 Å². The smallest absolute Gasteiger partial charge is 0.143 e. The number of hydrogen-bond acceptors (Lipinski definition) is 4. The number of benzene rings is 1. The molecule has 2 N–H and O–H groups in total. The lowest BCUT2D eigenvalue weighted by Crippen LogP contribution is -2.38. The molecule has 4 nitrogen and oxygen atoms in total. The molecule has 0 aliphatic heterocycles. The van der Waals surface area contributed by atoms with Gasteiger partial charge < -0.3 is 15.2 Å². The van der Waals surface area contributed by atoms with Crippen molar-refractivity contribution in [3.8, 4) is 11.8 Å². The number of hydrogen-bond donors (Lipinski definition) is 2. The van der Waals surface area contributed by atoms with E-state index in [1.165, 1.54) is 0 Å². The number of rotatable bonds is 5. The van der Waals surface area contributed by atoms with Gasteiger partial charge in [-0.2, -0.15) is 5.26 Å². The summed E-state index contributed by atoms with van der Waals surface area (Å²) in [7, 11) is 1.56. The Labute approximate surface area is 108 Å². The number of aliphatic hydroxyl groups is 1. The second kappa shape index (κ2) is 5.74. The van der Waals surface area contributed by atoms with Crippen molar-refractivity contribution in [2.24, 2.45) is 5.92 Å². The van der Waals surface area contributed by atoms with Gasteiger partial charge in [0, 0.05) is 12.6 Å². The van der Waals surface area contributed by atoms with Crippen molar-refractivity contribution in [1.82, 2.24) is 0 Å². The standard InChI is InChI=1S/C14H20N2O2/c1-10(2)14(3,17)9-16-12-6-5-11(8-15)7-13(12)18-4/h5-7,10,16-17H,9H2,1-4H3. The highest BCUT2D eigenvalue weighted by molar-refractivity contribution is 5.59. The van der Waals surface area contributed by atoms with Gasteiger partial charge in [0.05, 0.1) is 30.0 Å². The van der Waals surface area contributed by atoms with Crippen molar-refractivity contribution in [3.63, 3.8) is 0 Å². The van der Waals surface area contributed by atoms with Crippen LogP contribution in [0.25, 0.3) is 0 Å². The molecule has 1 aromatic carbocycles. The molecule has 1 aromatic rings. The molecule has 1 atom stereocenters. The molecule has 0 aliphatic rings. The molecule has 0 fully saturated rings. The first-order chi connectivity index (χ1) is 8.40. The van der Waals surface area contributed by atoms with Gasteiger partial charge in [-0.15, -0.1) is 0 Å². The van der Waals surface area contributed by atoms with Crippen molar-refractivity contribution in [2.75, 3.05) is 19.0 Å². The van der Waals surface area contributed by atoms with Crippen molar-refractivity contribution >= 4 is 5.69 Å². The summed E-state index contributed by atoms with van der Waals surface area (Å²) in [4.78, 5) is 0. The zero-order valence-corrected chi connectivity index (χ0v) is 11.3. The zero-order valence-electron chi connectivity index (χ0n) is 11.3. The molecule has 0 bridgehead atoms. The van der Waals surface area contributed by atoms with E-state index in [0.717, 1.165) is 5.69 Å². The summed E-state index contributed by atoms with van der Waals surface area (Å²) in [6.45, 7) is 6.16. The fourth-order valence-corrected chi connectivity index (χ4v) is 1.39. The van der Waals surface area contributed by atoms with Crippen LogP contribution in [0.1, 0.15) is 26.3 Å². The van der Waals surface area contributed by atoms with Gasteiger partial charge in [-0.25, -0.2) is 0 Å². The summed E-state index contributed by atoms with van der Waals surface area (Å²) >= 11 is 0. The highest BCUT2D eigenvalue weighted by Crippen LogP contribution is 2.26. The van der Waals surface area contributed by atoms with Gasteiger partial charge in [0.25, 0.3) is 0 Å². The molecular formula is C14H20N2O2. The molecule has 1 unspecified atom stereocenters. The van der Waals surface area contributed by atoms with Crippen molar-refractivity contribution in [1.29, 1.82) is 5.26 Å². The Kier molecular flexibility index (Phi) is 4.57. The summed E-state index contributed by atoms with van der Waals surface area (Å²) in [5.41, 5.74) is 0.532. The van der Waals surface area contributed by atoms with E-state index in [2.05, 4.69) is 11.4 Å². The van der Waals surface area contributed by atoms with Gasteiger partial charge in [-0.05, 0) is 25.0 Å². The van der Waals surface area contributed by atoms with Gasteiger partial charge in [-0.1, -0.05) is 13.8 Å². The average Bonchev–Trinajstić information content (AvgIpc) is 2.35. The number of methoxy groups -OCH3 is 1. The van der Waals surface area contributed by atoms with Crippen LogP contribution in [0.4, 0.5) is 5.69 Å². The van der Waals surface area contributed by atoms with Gasteiger partial charge in [0.2, 0.25) is 0 Å². The van der Waals surface area contributed by atoms with Gasteiger partial charge in [0.1, 0.15) is 5.75 Å². The lowest BCUT2D eigenvalue weighted by molar-refractivity contribution is 0.0266. The van der Waals surface area contributed by atoms with E-state index < -0.39 is 5.60 Å². The third kappa shape index (κ3) is 3.38. The second-order valence-corrected chi connectivity index (χ2v) is 4.89. The van der Waals surface area contributed by atoms with E-state index in [-0.39, 0.29) is 5.92 Å². The molecule has 0 saturated heterocycles. The average molecular weight is 248 g/mol. The van der Waals surface area contributed by atoms with E-state index in [4.69, 9.17) is 10.00 Å². The summed E-state index contributed by atoms with van der Waals surface area (Å²) < 4.78 is 5.22. The SMILES string of the molecule is COc1cc(C#N)ccc1NCC(C)(O)C(C)C. The Morgan fingerprint density at radius 2 is 2.17 bits per heavy atom. The molecule has 0 saturated carbocycles. The van der Waals surface area contributed by atoms with Crippen LogP contribution in [0.2, 0.25) is 0 Å². The van der Waals surface area contributed by atoms with E-state index in [1.807, 2.05) is 13.8 Å². The lowest BCUT2D eigenvalue weighted by Gasteiger charge is -2.28. The third-order valence-corrected chi connectivity index (χ3v) is 3.21. The number of anilines is 1. The van der Waals surface area contributed by atoms with Crippen LogP contribution in [0.15, 0.2) is 18.2 Å². The number of nitrogens with one attached hydrogen (secondary N) is 1. The lowest BCUT2D eigenvalue weighted by atomic mass is 9.92. The molecular weight excluding hydrogens is 228 g/mol. The Hall–Kier alpha value is -1.73. The predicted octanol–water partition coefficient (Wildman–Crippen LogP) is 2.39. The Bertz CT molecular complexity index is 448. The van der Waals surface area contributed by atoms with Crippen LogP contribution in [0, 0.1) is 17.2 Å². The molecule has 18 heavy (non-hydrogen) atoms. The molecule has 0 aliphatic carbocycles. The molecule has 98 valence electrons. The van der Waals surface area contributed by atoms with E-state index in [0.29, 0.717) is 17.9 Å². The quantitative estimate of drug-likeness (QED) is 0.839. The molecule has 0 amide bonds. The van der Waals surface area contributed by atoms with E-state index >= 15 is 0 Å². The molecule has 0 radical (unpaired) electrons. The van der Waals surface area contributed by atoms with E-state index in [1.54, 1.807) is 32.2 Å². The Morgan fingerprint density at radius 1 is 1.50 bits per heavy atom. The number of nitriles is 1. The summed E-state index contributed by atoms with van der Waals surface area (Å²) in [5.74, 6) is 0.753. The minimum atomic E-state index is -0.793. The van der Waals surface area contributed by atoms with Crippen LogP contribution >= 0.6 is 0 Å². The molecule has 0 aromatic heterocycles. The normalized spacial score (nSPS) is 13.8. The van der Waals surface area contributed by atoms with Crippen molar-refractivity contribution < 1.29 is 9.84 Å². The number of nitrogens with zero attached hydrogens (tertiary/aromatic N) is 1. The van der Waals surface area contributed by atoms with Crippen molar-refractivity contribution in [3.05, 3.63) is 23.8 Å². The molecule has 4 heteroatoms. The fourth-order valence-electron chi connectivity index (χ4n) is 1.39. The Balaban J connectivity index is 2.83. The predicted molar refractivity (Wildman–Crippen MR) is 71.7 cm³/mol. The first-order valence-electron chi connectivity index (χ1n) is 5.95. The summed E-state index contributed by atoms with van der Waals surface area (Å²) in [6.07, 6.45) is 0. The fraction of sp³-hybridized carbons (Fsp3) is 0.500. The van der Waals surface area contributed by atoms with Crippen LogP contribution in [-0.4, -0.2) is 24.4 Å². The highest BCUT2D eigenvalue weighted by atomic mass is 16.5. The molecule has 0 heterocycles. The maximum atomic E-state index is 10.2. The topological polar surface area (TPSA) is 65.3 Å². The van der Waals surface area contributed by atoms with Crippen LogP contribution in [-0.2, 0) is 0 Å². The van der Waals surface area contributed by atoms with Crippen LogP contribution in [0.5, 0.6) is 5.75 Å². The van der Waals surface area contributed by atoms with Gasteiger partial charge >= 0.3 is 0 Å². The summed E-state index contributed by atoms with van der Waals surface area (Å²) in [5, 5.41) is 22.1. The minimum Gasteiger partial charge on any atom is -0.495 e. The monoisotopic (exact) mass is 248 g/mol. The van der Waals surface area contributed by atoms with Gasteiger partial charge in [-0.3, -0.25) is 0 Å². The first-order valence-corrected chi connectivity index (χ1v) is 5.95. The van der Waals surface area contributed by atoms with Crippen LogP contribution in [0.3, 0.4) is 0 Å². The maximum absolute atomic E-state index is 10.2. The Morgan fingerprint density at radius 3 is 2.67 bits per heavy atom. The third-order valence-electron chi connectivity index (χ3n) is 3.21. The first kappa shape index (κ1) is 14.3. The largest absolute Gasteiger partial charge is 0.495 e. The minimum absolute atomic E-state index is 0.148. The number of ether oxygens (including phenoxy) is 1. The molecule has 0 spiro atoms. The zero-order chi connectivity index (χ0) is 13.8. The van der Waals surface area contributed by atoms with Crippen molar-refractivity contribution in [2.45, 2.75) is 26.4 Å². The molecule has 1 rings (SSSR count). The maximum Gasteiger partial charge on any atom is 0.143 e. The van der Waals surface area contributed by atoms with E-state index in [9.17, 15) is 5.11 Å². The summed E-state index contributed by atoms with van der Waals surface area (Å²) in [6, 6.07) is 7.24. The second-order valence-electron chi connectivity index (χ2n) is 4.89.